The molecule has 1 atom stereocenters. The van der Waals surface area contributed by atoms with Gasteiger partial charge in [0.2, 0.25) is 15.9 Å². The van der Waals surface area contributed by atoms with Gasteiger partial charge in [0.15, 0.2) is 0 Å². The second-order valence-corrected chi connectivity index (χ2v) is 9.67. The van der Waals surface area contributed by atoms with Crippen LogP contribution in [0.15, 0.2) is 47.4 Å². The molecule has 9 heteroatoms. The molecule has 1 aliphatic rings. The molecule has 2 aromatic carbocycles. The van der Waals surface area contributed by atoms with Crippen molar-refractivity contribution >= 4 is 33.2 Å². The van der Waals surface area contributed by atoms with Crippen molar-refractivity contribution in [3.63, 3.8) is 0 Å². The number of sulfonamides is 1. The Morgan fingerprint density at radius 2 is 2.03 bits per heavy atom. The molecule has 168 valence electrons. The molecule has 3 rings (SSSR count). The molecule has 1 heterocycles. The van der Waals surface area contributed by atoms with Crippen LogP contribution in [0.2, 0.25) is 5.02 Å². The first-order valence-electron chi connectivity index (χ1n) is 10.1. The third kappa shape index (κ3) is 5.14. The SMILES string of the molecule is CCOc1ccc(S(=O)(=O)N2CCC[C@@H](C(=O)N(C)c3cccc(OC)c3)C2)cc1Cl. The number of nitrogens with zero attached hydrogens (tertiary/aromatic N) is 2. The van der Waals surface area contributed by atoms with Crippen LogP contribution in [0.3, 0.4) is 0 Å². The fourth-order valence-corrected chi connectivity index (χ4v) is 5.50. The van der Waals surface area contributed by atoms with Gasteiger partial charge in [-0.2, -0.15) is 4.31 Å². The predicted molar refractivity (Wildman–Crippen MR) is 121 cm³/mol. The van der Waals surface area contributed by atoms with E-state index >= 15 is 0 Å². The number of carbonyl (C=O) groups excluding carboxylic acids is 1. The van der Waals surface area contributed by atoms with Crippen LogP contribution in [0.1, 0.15) is 19.8 Å². The van der Waals surface area contributed by atoms with Gasteiger partial charge in [-0.25, -0.2) is 8.42 Å². The minimum atomic E-state index is -3.78. The highest BCUT2D eigenvalue weighted by atomic mass is 35.5. The van der Waals surface area contributed by atoms with Crippen molar-refractivity contribution in [3.05, 3.63) is 47.5 Å². The summed E-state index contributed by atoms with van der Waals surface area (Å²) < 4.78 is 38.3. The molecule has 1 amide bonds. The number of amides is 1. The van der Waals surface area contributed by atoms with Gasteiger partial charge in [-0.05, 0) is 50.1 Å². The van der Waals surface area contributed by atoms with E-state index in [9.17, 15) is 13.2 Å². The van der Waals surface area contributed by atoms with Crippen LogP contribution in [-0.2, 0) is 14.8 Å². The van der Waals surface area contributed by atoms with Crippen LogP contribution in [-0.4, -0.2) is 52.5 Å². The Bertz CT molecular complexity index is 1040. The standard InChI is InChI=1S/C22H27ClN2O5S/c1-4-30-21-11-10-19(14-20(21)23)31(27,28)25-12-6-7-16(15-25)22(26)24(2)17-8-5-9-18(13-17)29-3/h5,8-11,13-14,16H,4,6-7,12,15H2,1-3H3/t16-/m1/s1. The lowest BCUT2D eigenvalue weighted by molar-refractivity contribution is -0.123. The summed E-state index contributed by atoms with van der Waals surface area (Å²) >= 11 is 6.19. The van der Waals surface area contributed by atoms with E-state index in [0.717, 1.165) is 0 Å². The van der Waals surface area contributed by atoms with Gasteiger partial charge in [0.25, 0.3) is 0 Å². The van der Waals surface area contributed by atoms with E-state index in [-0.39, 0.29) is 22.4 Å². The monoisotopic (exact) mass is 466 g/mol. The number of benzene rings is 2. The Hall–Kier alpha value is -2.29. The van der Waals surface area contributed by atoms with Crippen LogP contribution in [0, 0.1) is 5.92 Å². The predicted octanol–water partition coefficient (Wildman–Crippen LogP) is 3.81. The van der Waals surface area contributed by atoms with Gasteiger partial charge in [0, 0.05) is 31.9 Å². The summed E-state index contributed by atoms with van der Waals surface area (Å²) in [6, 6.07) is 11.7. The van der Waals surface area contributed by atoms with E-state index in [1.165, 1.54) is 16.4 Å². The first kappa shape index (κ1) is 23.4. The number of anilines is 1. The van der Waals surface area contributed by atoms with E-state index in [1.807, 2.05) is 19.1 Å². The van der Waals surface area contributed by atoms with Gasteiger partial charge in [-0.1, -0.05) is 17.7 Å². The Morgan fingerprint density at radius 1 is 1.26 bits per heavy atom. The zero-order valence-corrected chi connectivity index (χ0v) is 19.4. The second-order valence-electron chi connectivity index (χ2n) is 7.33. The molecule has 0 saturated carbocycles. The van der Waals surface area contributed by atoms with E-state index in [4.69, 9.17) is 21.1 Å². The van der Waals surface area contributed by atoms with Gasteiger partial charge in [-0.15, -0.1) is 0 Å². The molecule has 1 fully saturated rings. The molecular formula is C22H27ClN2O5S. The number of piperidine rings is 1. The van der Waals surface area contributed by atoms with Gasteiger partial charge in [-0.3, -0.25) is 4.79 Å². The van der Waals surface area contributed by atoms with Gasteiger partial charge < -0.3 is 14.4 Å². The van der Waals surface area contributed by atoms with E-state index in [0.29, 0.717) is 43.2 Å². The molecule has 2 aromatic rings. The van der Waals surface area contributed by atoms with E-state index in [1.54, 1.807) is 37.3 Å². The Balaban J connectivity index is 1.77. The van der Waals surface area contributed by atoms with Crippen molar-refractivity contribution in [2.24, 2.45) is 5.92 Å². The molecule has 7 nitrogen and oxygen atoms in total. The van der Waals surface area contributed by atoms with E-state index < -0.39 is 15.9 Å². The maximum Gasteiger partial charge on any atom is 0.243 e. The molecule has 0 aromatic heterocycles. The minimum absolute atomic E-state index is 0.0928. The van der Waals surface area contributed by atoms with Crippen molar-refractivity contribution < 1.29 is 22.7 Å². The summed E-state index contributed by atoms with van der Waals surface area (Å²) in [6.07, 6.45) is 1.23. The first-order valence-corrected chi connectivity index (χ1v) is 11.9. The second kappa shape index (κ2) is 9.89. The van der Waals surface area contributed by atoms with Crippen LogP contribution in [0.25, 0.3) is 0 Å². The molecule has 0 unspecified atom stereocenters. The number of hydrogen-bond acceptors (Lipinski definition) is 5. The summed E-state index contributed by atoms with van der Waals surface area (Å²) in [5.74, 6) is 0.530. The average Bonchev–Trinajstić information content (AvgIpc) is 2.79. The third-order valence-electron chi connectivity index (χ3n) is 5.35. The molecule has 1 saturated heterocycles. The maximum atomic E-state index is 13.2. The van der Waals surface area contributed by atoms with Crippen molar-refractivity contribution in [2.75, 3.05) is 38.8 Å². The number of hydrogen-bond donors (Lipinski definition) is 0. The minimum Gasteiger partial charge on any atom is -0.497 e. The summed E-state index contributed by atoms with van der Waals surface area (Å²) in [5.41, 5.74) is 0.697. The highest BCUT2D eigenvalue weighted by Gasteiger charge is 2.35. The topological polar surface area (TPSA) is 76.2 Å². The normalized spacial score (nSPS) is 17.2. The molecule has 0 N–H and O–H groups in total. The number of halogens is 1. The Morgan fingerprint density at radius 3 is 2.71 bits per heavy atom. The average molecular weight is 467 g/mol. The van der Waals surface area contributed by atoms with Gasteiger partial charge in [0.1, 0.15) is 11.5 Å². The lowest BCUT2D eigenvalue weighted by Crippen LogP contribution is -2.45. The van der Waals surface area contributed by atoms with Crippen molar-refractivity contribution in [1.82, 2.24) is 4.31 Å². The van der Waals surface area contributed by atoms with Crippen LogP contribution < -0.4 is 14.4 Å². The fraction of sp³-hybridized carbons (Fsp3) is 0.409. The van der Waals surface area contributed by atoms with Crippen LogP contribution in [0.4, 0.5) is 5.69 Å². The zero-order chi connectivity index (χ0) is 22.6. The van der Waals surface area contributed by atoms with E-state index in [2.05, 4.69) is 0 Å². The Labute approximate surface area is 188 Å². The largest absolute Gasteiger partial charge is 0.497 e. The van der Waals surface area contributed by atoms with Gasteiger partial charge in [0.05, 0.1) is 29.6 Å². The highest BCUT2D eigenvalue weighted by Crippen LogP contribution is 2.31. The molecule has 0 spiro atoms. The molecule has 0 radical (unpaired) electrons. The number of rotatable bonds is 7. The lowest BCUT2D eigenvalue weighted by atomic mass is 9.98. The quantitative estimate of drug-likeness (QED) is 0.620. The molecule has 0 bridgehead atoms. The van der Waals surface area contributed by atoms with Crippen molar-refractivity contribution in [2.45, 2.75) is 24.7 Å². The fourth-order valence-electron chi connectivity index (χ4n) is 3.65. The van der Waals surface area contributed by atoms with Crippen LogP contribution in [0.5, 0.6) is 11.5 Å². The summed E-state index contributed by atoms with van der Waals surface area (Å²) in [6.45, 7) is 2.75. The van der Waals surface area contributed by atoms with Gasteiger partial charge >= 0.3 is 0 Å². The third-order valence-corrected chi connectivity index (χ3v) is 7.50. The maximum absolute atomic E-state index is 13.2. The highest BCUT2D eigenvalue weighted by molar-refractivity contribution is 7.89. The molecule has 31 heavy (non-hydrogen) atoms. The smallest absolute Gasteiger partial charge is 0.243 e. The molecular weight excluding hydrogens is 440 g/mol. The summed E-state index contributed by atoms with van der Waals surface area (Å²) in [5, 5.41) is 0.241. The number of methoxy groups -OCH3 is 1. The number of ether oxygens (including phenoxy) is 2. The summed E-state index contributed by atoms with van der Waals surface area (Å²) in [7, 11) is -0.522. The Kier molecular flexibility index (Phi) is 7.46. The van der Waals surface area contributed by atoms with Crippen molar-refractivity contribution in [3.8, 4) is 11.5 Å². The lowest BCUT2D eigenvalue weighted by Gasteiger charge is -2.33. The van der Waals surface area contributed by atoms with Crippen molar-refractivity contribution in [1.29, 1.82) is 0 Å². The summed E-state index contributed by atoms with van der Waals surface area (Å²) in [4.78, 5) is 14.7. The molecule has 1 aliphatic heterocycles. The number of carbonyl (C=O) groups is 1. The van der Waals surface area contributed by atoms with Crippen LogP contribution >= 0.6 is 11.6 Å². The molecule has 0 aliphatic carbocycles. The first-order chi connectivity index (χ1) is 14.8. The zero-order valence-electron chi connectivity index (χ0n) is 17.9.